The number of hydrogen-bond donors (Lipinski definition) is 1. The second kappa shape index (κ2) is 7.54. The number of nitrogens with zero attached hydrogens (tertiary/aromatic N) is 3. The van der Waals surface area contributed by atoms with E-state index in [-0.39, 0.29) is 0 Å². The van der Waals surface area contributed by atoms with Crippen LogP contribution in [0.3, 0.4) is 0 Å². The predicted octanol–water partition coefficient (Wildman–Crippen LogP) is 5.61. The van der Waals surface area contributed by atoms with Gasteiger partial charge in [0.25, 0.3) is 5.89 Å². The van der Waals surface area contributed by atoms with Crippen molar-refractivity contribution in [2.75, 3.05) is 6.61 Å². The summed E-state index contributed by atoms with van der Waals surface area (Å²) in [6.45, 7) is 2.46. The quantitative estimate of drug-likeness (QED) is 0.432. The van der Waals surface area contributed by atoms with E-state index in [1.54, 1.807) is 6.20 Å². The van der Waals surface area contributed by atoms with Crippen LogP contribution in [0.15, 0.2) is 57.7 Å². The van der Waals surface area contributed by atoms with Gasteiger partial charge in [-0.1, -0.05) is 32.7 Å². The van der Waals surface area contributed by atoms with Crippen molar-refractivity contribution in [2.24, 2.45) is 0 Å². The molecular formula is C19H14BrClN4O2. The van der Waals surface area contributed by atoms with Crippen LogP contribution in [0, 0.1) is 0 Å². The van der Waals surface area contributed by atoms with Gasteiger partial charge in [0.05, 0.1) is 29.1 Å². The third-order valence-electron chi connectivity index (χ3n) is 3.92. The van der Waals surface area contributed by atoms with Gasteiger partial charge in [0.1, 0.15) is 5.75 Å². The molecule has 4 aromatic rings. The highest BCUT2D eigenvalue weighted by molar-refractivity contribution is 9.10. The number of benzene rings is 2. The summed E-state index contributed by atoms with van der Waals surface area (Å²) in [6.07, 6.45) is 1.65. The van der Waals surface area contributed by atoms with Crippen LogP contribution >= 0.6 is 27.5 Å². The molecule has 0 amide bonds. The second-order valence-corrected chi connectivity index (χ2v) is 6.99. The van der Waals surface area contributed by atoms with Gasteiger partial charge in [0.15, 0.2) is 0 Å². The summed E-state index contributed by atoms with van der Waals surface area (Å²) in [5, 5.41) is 11.7. The zero-order valence-corrected chi connectivity index (χ0v) is 16.6. The molecular weight excluding hydrogens is 432 g/mol. The van der Waals surface area contributed by atoms with Gasteiger partial charge >= 0.3 is 0 Å². The van der Waals surface area contributed by atoms with Gasteiger partial charge in [-0.05, 0) is 49.4 Å². The molecule has 0 saturated heterocycles. The molecule has 2 heterocycles. The molecule has 6 nitrogen and oxygen atoms in total. The van der Waals surface area contributed by atoms with Crippen molar-refractivity contribution >= 4 is 27.5 Å². The average Bonchev–Trinajstić information content (AvgIpc) is 3.33. The van der Waals surface area contributed by atoms with E-state index in [1.165, 1.54) is 0 Å². The van der Waals surface area contributed by atoms with Gasteiger partial charge in [-0.25, -0.2) is 0 Å². The van der Waals surface area contributed by atoms with E-state index in [1.807, 2.05) is 49.4 Å². The van der Waals surface area contributed by atoms with Crippen LogP contribution in [-0.4, -0.2) is 26.9 Å². The zero-order chi connectivity index (χ0) is 18.8. The summed E-state index contributed by atoms with van der Waals surface area (Å²) >= 11 is 9.72. The van der Waals surface area contributed by atoms with Gasteiger partial charge in [-0.15, -0.1) is 0 Å². The number of hydrogen-bond acceptors (Lipinski definition) is 5. The van der Waals surface area contributed by atoms with E-state index in [2.05, 4.69) is 36.3 Å². The van der Waals surface area contributed by atoms with Gasteiger partial charge < -0.3 is 9.26 Å². The predicted molar refractivity (Wildman–Crippen MR) is 107 cm³/mol. The van der Waals surface area contributed by atoms with Crippen molar-refractivity contribution in [3.05, 3.63) is 58.2 Å². The molecule has 1 N–H and O–H groups in total. The number of ether oxygens (including phenoxy) is 1. The Labute approximate surface area is 168 Å². The number of nitrogens with one attached hydrogen (secondary N) is 1. The van der Waals surface area contributed by atoms with E-state index in [9.17, 15) is 0 Å². The lowest BCUT2D eigenvalue weighted by atomic mass is 10.1. The molecule has 0 radical (unpaired) electrons. The first-order chi connectivity index (χ1) is 13.2. The molecule has 0 spiro atoms. The van der Waals surface area contributed by atoms with Crippen LogP contribution in [0.4, 0.5) is 0 Å². The third kappa shape index (κ3) is 3.61. The van der Waals surface area contributed by atoms with Crippen molar-refractivity contribution in [1.29, 1.82) is 0 Å². The van der Waals surface area contributed by atoms with E-state index in [0.29, 0.717) is 34.7 Å². The van der Waals surface area contributed by atoms with Crippen LogP contribution < -0.4 is 4.74 Å². The highest BCUT2D eigenvalue weighted by Crippen LogP contribution is 2.34. The van der Waals surface area contributed by atoms with Crippen LogP contribution in [0.1, 0.15) is 6.92 Å². The number of aromatic nitrogens is 4. The lowest BCUT2D eigenvalue weighted by Gasteiger charge is -2.07. The molecule has 0 aliphatic rings. The maximum atomic E-state index is 6.31. The minimum absolute atomic E-state index is 0.377. The largest absolute Gasteiger partial charge is 0.492 e. The van der Waals surface area contributed by atoms with Gasteiger partial charge in [0, 0.05) is 15.6 Å². The molecule has 27 heavy (non-hydrogen) atoms. The molecule has 0 aliphatic heterocycles. The molecule has 136 valence electrons. The van der Waals surface area contributed by atoms with E-state index in [0.717, 1.165) is 21.3 Å². The standard InChI is InChI=1S/C19H14BrClN4O2/c1-2-26-16-8-5-12(9-15(16)21)17-14(10-22-24-17)19-23-18(25-27-19)11-3-6-13(20)7-4-11/h3-10H,2H2,1H3,(H,22,24). The fourth-order valence-electron chi connectivity index (χ4n) is 2.65. The Morgan fingerprint density at radius 2 is 1.93 bits per heavy atom. The first-order valence-corrected chi connectivity index (χ1v) is 9.39. The maximum Gasteiger partial charge on any atom is 0.262 e. The molecule has 0 saturated carbocycles. The molecule has 2 aromatic heterocycles. The number of halogens is 2. The maximum absolute atomic E-state index is 6.31. The first-order valence-electron chi connectivity index (χ1n) is 8.22. The third-order valence-corrected chi connectivity index (χ3v) is 4.74. The van der Waals surface area contributed by atoms with Crippen molar-refractivity contribution in [1.82, 2.24) is 20.3 Å². The lowest BCUT2D eigenvalue weighted by Crippen LogP contribution is -1.92. The topological polar surface area (TPSA) is 76.8 Å². The fourth-order valence-corrected chi connectivity index (χ4v) is 3.15. The Morgan fingerprint density at radius 3 is 2.67 bits per heavy atom. The Balaban J connectivity index is 1.68. The van der Waals surface area contributed by atoms with Crippen molar-refractivity contribution in [2.45, 2.75) is 6.92 Å². The Kier molecular flexibility index (Phi) is 4.96. The summed E-state index contributed by atoms with van der Waals surface area (Å²) in [5.41, 5.74) is 3.15. The van der Waals surface area contributed by atoms with Crippen molar-refractivity contribution in [3.8, 4) is 39.8 Å². The summed E-state index contributed by atoms with van der Waals surface area (Å²) in [7, 11) is 0. The van der Waals surface area contributed by atoms with Crippen LogP contribution in [0.25, 0.3) is 34.1 Å². The van der Waals surface area contributed by atoms with Crippen LogP contribution in [0.2, 0.25) is 5.02 Å². The average molecular weight is 446 g/mol. The second-order valence-electron chi connectivity index (χ2n) is 5.67. The molecule has 0 atom stereocenters. The van der Waals surface area contributed by atoms with Crippen molar-refractivity contribution in [3.63, 3.8) is 0 Å². The van der Waals surface area contributed by atoms with Crippen LogP contribution in [-0.2, 0) is 0 Å². The SMILES string of the molecule is CCOc1ccc(-c2[nH]ncc2-c2nc(-c3ccc(Br)cc3)no2)cc1Cl. The molecule has 8 heteroatoms. The molecule has 4 rings (SSSR count). The number of aromatic amines is 1. The Bertz CT molecular complexity index is 1080. The highest BCUT2D eigenvalue weighted by Gasteiger charge is 2.18. The molecule has 0 fully saturated rings. The number of rotatable bonds is 5. The minimum atomic E-state index is 0.377. The summed E-state index contributed by atoms with van der Waals surface area (Å²) in [6, 6.07) is 13.2. The number of H-pyrrole nitrogens is 1. The smallest absolute Gasteiger partial charge is 0.262 e. The minimum Gasteiger partial charge on any atom is -0.492 e. The molecule has 0 unspecified atom stereocenters. The summed E-state index contributed by atoms with van der Waals surface area (Å²) in [4.78, 5) is 4.50. The van der Waals surface area contributed by atoms with E-state index >= 15 is 0 Å². The molecule has 0 bridgehead atoms. The normalized spacial score (nSPS) is 10.9. The monoisotopic (exact) mass is 444 g/mol. The summed E-state index contributed by atoms with van der Waals surface area (Å²) < 4.78 is 11.9. The van der Waals surface area contributed by atoms with Crippen molar-refractivity contribution < 1.29 is 9.26 Å². The highest BCUT2D eigenvalue weighted by atomic mass is 79.9. The van der Waals surface area contributed by atoms with Crippen LogP contribution in [0.5, 0.6) is 5.75 Å². The Hall–Kier alpha value is -2.64. The molecule has 0 aliphatic carbocycles. The van der Waals surface area contributed by atoms with E-state index < -0.39 is 0 Å². The Morgan fingerprint density at radius 1 is 1.15 bits per heavy atom. The summed E-state index contributed by atoms with van der Waals surface area (Å²) in [5.74, 6) is 1.52. The zero-order valence-electron chi connectivity index (χ0n) is 14.2. The van der Waals surface area contributed by atoms with Gasteiger partial charge in [0.2, 0.25) is 5.82 Å². The van der Waals surface area contributed by atoms with Gasteiger partial charge in [-0.2, -0.15) is 10.1 Å². The lowest BCUT2D eigenvalue weighted by molar-refractivity contribution is 0.340. The molecule has 2 aromatic carbocycles. The first kappa shape index (κ1) is 17.8. The fraction of sp³-hybridized carbons (Fsp3) is 0.105. The van der Waals surface area contributed by atoms with Gasteiger partial charge in [-0.3, -0.25) is 5.10 Å². The van der Waals surface area contributed by atoms with E-state index in [4.69, 9.17) is 20.9 Å².